The van der Waals surface area contributed by atoms with E-state index < -0.39 is 0 Å². The highest BCUT2D eigenvalue weighted by atomic mass is 16.5. The van der Waals surface area contributed by atoms with Crippen LogP contribution in [-0.4, -0.2) is 48.0 Å². The lowest BCUT2D eigenvalue weighted by Crippen LogP contribution is -2.36. The molecule has 4 heterocycles. The van der Waals surface area contributed by atoms with Gasteiger partial charge in [-0.25, -0.2) is 9.98 Å². The van der Waals surface area contributed by atoms with Crippen molar-refractivity contribution in [1.82, 2.24) is 15.3 Å². The van der Waals surface area contributed by atoms with Gasteiger partial charge in [0, 0.05) is 47.7 Å². The molecule has 7 heteroatoms. The first-order chi connectivity index (χ1) is 13.8. The largest absolute Gasteiger partial charge is 0.378 e. The average Bonchev–Trinajstić information content (AvgIpc) is 3.33. The Balaban J connectivity index is 1.41. The highest BCUT2D eigenvalue weighted by Gasteiger charge is 2.22. The summed E-state index contributed by atoms with van der Waals surface area (Å²) in [4.78, 5) is 26.6. The minimum atomic E-state index is -0.203. The smallest absolute Gasteiger partial charge is 0.275 e. The second kappa shape index (κ2) is 6.94. The summed E-state index contributed by atoms with van der Waals surface area (Å²) in [5, 5.41) is 3.82. The first-order valence-corrected chi connectivity index (χ1v) is 9.25. The second-order valence-corrected chi connectivity index (χ2v) is 6.73. The van der Waals surface area contributed by atoms with E-state index in [2.05, 4.69) is 37.3 Å². The Morgan fingerprint density at radius 2 is 1.93 bits per heavy atom. The van der Waals surface area contributed by atoms with Crippen molar-refractivity contribution in [3.8, 4) is 0 Å². The number of nitrogens with one attached hydrogen (secondary N) is 2. The molecule has 0 atom stereocenters. The van der Waals surface area contributed by atoms with Gasteiger partial charge >= 0.3 is 0 Å². The van der Waals surface area contributed by atoms with E-state index in [1.165, 1.54) is 0 Å². The van der Waals surface area contributed by atoms with Crippen LogP contribution in [-0.2, 0) is 9.53 Å². The molecule has 1 fully saturated rings. The molecule has 0 aliphatic carbocycles. The number of amidine groups is 1. The third kappa shape index (κ3) is 3.05. The van der Waals surface area contributed by atoms with Crippen molar-refractivity contribution < 1.29 is 9.53 Å². The zero-order chi connectivity index (χ0) is 18.9. The molecule has 2 aliphatic heterocycles. The van der Waals surface area contributed by atoms with Gasteiger partial charge in [-0.2, -0.15) is 0 Å². The van der Waals surface area contributed by atoms with Gasteiger partial charge in [0.15, 0.2) is 0 Å². The van der Waals surface area contributed by atoms with Gasteiger partial charge in [0.25, 0.3) is 5.91 Å². The zero-order valence-electron chi connectivity index (χ0n) is 15.2. The summed E-state index contributed by atoms with van der Waals surface area (Å²) >= 11 is 0. The van der Waals surface area contributed by atoms with Crippen molar-refractivity contribution in [1.29, 1.82) is 0 Å². The van der Waals surface area contributed by atoms with Crippen molar-refractivity contribution in [2.24, 2.45) is 4.99 Å². The predicted molar refractivity (Wildman–Crippen MR) is 108 cm³/mol. The van der Waals surface area contributed by atoms with E-state index in [1.807, 2.05) is 30.5 Å². The van der Waals surface area contributed by atoms with E-state index in [0.717, 1.165) is 54.2 Å². The maximum Gasteiger partial charge on any atom is 0.275 e. The quantitative estimate of drug-likeness (QED) is 0.691. The Labute approximate surface area is 161 Å². The molecule has 2 N–H and O–H groups in total. The maximum absolute atomic E-state index is 12.4. The Hall–Kier alpha value is -3.45. The molecule has 0 saturated carbocycles. The fourth-order valence-electron chi connectivity index (χ4n) is 3.50. The molecule has 7 nitrogen and oxygen atoms in total. The van der Waals surface area contributed by atoms with Crippen molar-refractivity contribution in [2.75, 3.05) is 31.2 Å². The zero-order valence-corrected chi connectivity index (χ0v) is 15.2. The number of hydrogen-bond acceptors (Lipinski definition) is 5. The highest BCUT2D eigenvalue weighted by Crippen LogP contribution is 2.22. The summed E-state index contributed by atoms with van der Waals surface area (Å²) in [5.74, 6) is 0.369. The number of amides is 1. The number of anilines is 1. The standard InChI is InChI=1S/C21H19N5O2/c27-21-18(12-15-13-23-20-17(15)2-1-7-22-20)24-19(25-21)14-3-5-16(6-4-14)26-8-10-28-11-9-26/h1-7,12-13H,8-11H2,(H,22,23)(H,24,25,27)/b18-12-. The maximum atomic E-state index is 12.4. The monoisotopic (exact) mass is 373 g/mol. The number of hydrogen-bond donors (Lipinski definition) is 2. The number of rotatable bonds is 3. The van der Waals surface area contributed by atoms with Crippen LogP contribution in [0.1, 0.15) is 11.1 Å². The van der Waals surface area contributed by atoms with Gasteiger partial charge in [0.05, 0.1) is 13.2 Å². The molecule has 140 valence electrons. The van der Waals surface area contributed by atoms with E-state index in [1.54, 1.807) is 12.3 Å². The van der Waals surface area contributed by atoms with Crippen LogP contribution < -0.4 is 10.2 Å². The number of pyridine rings is 1. The van der Waals surface area contributed by atoms with Gasteiger partial charge < -0.3 is 19.9 Å². The lowest BCUT2D eigenvalue weighted by molar-refractivity contribution is -0.115. The Morgan fingerprint density at radius 1 is 1.11 bits per heavy atom. The predicted octanol–water partition coefficient (Wildman–Crippen LogP) is 2.32. The molecule has 0 unspecified atom stereocenters. The van der Waals surface area contributed by atoms with Crippen molar-refractivity contribution in [3.63, 3.8) is 0 Å². The fraction of sp³-hybridized carbons (Fsp3) is 0.190. The summed E-state index contributed by atoms with van der Waals surface area (Å²) in [6.45, 7) is 3.29. The van der Waals surface area contributed by atoms with E-state index in [0.29, 0.717) is 11.5 Å². The second-order valence-electron chi connectivity index (χ2n) is 6.73. The number of fused-ring (bicyclic) bond motifs is 1. The summed E-state index contributed by atoms with van der Waals surface area (Å²) in [6, 6.07) is 11.9. The molecule has 2 aliphatic rings. The number of aliphatic imine (C=N–C) groups is 1. The van der Waals surface area contributed by atoms with Gasteiger partial charge in [0.1, 0.15) is 17.2 Å². The minimum absolute atomic E-state index is 0.203. The minimum Gasteiger partial charge on any atom is -0.378 e. The molecule has 2 aromatic heterocycles. The van der Waals surface area contributed by atoms with Crippen LogP contribution in [0, 0.1) is 0 Å². The van der Waals surface area contributed by atoms with Crippen LogP contribution in [0.25, 0.3) is 17.1 Å². The number of nitrogens with zero attached hydrogens (tertiary/aromatic N) is 3. The lowest BCUT2D eigenvalue weighted by atomic mass is 10.1. The first-order valence-electron chi connectivity index (χ1n) is 9.25. The molecule has 28 heavy (non-hydrogen) atoms. The number of H-pyrrole nitrogens is 1. The van der Waals surface area contributed by atoms with Gasteiger partial charge in [0.2, 0.25) is 0 Å². The van der Waals surface area contributed by atoms with Crippen LogP contribution in [0.3, 0.4) is 0 Å². The number of benzene rings is 1. The third-order valence-electron chi connectivity index (χ3n) is 4.99. The Morgan fingerprint density at radius 3 is 2.75 bits per heavy atom. The van der Waals surface area contributed by atoms with Crippen LogP contribution in [0.5, 0.6) is 0 Å². The topological polar surface area (TPSA) is 82.6 Å². The van der Waals surface area contributed by atoms with Gasteiger partial charge in [-0.15, -0.1) is 0 Å². The van der Waals surface area contributed by atoms with E-state index in [-0.39, 0.29) is 5.91 Å². The molecule has 1 saturated heterocycles. The van der Waals surface area contributed by atoms with Crippen LogP contribution >= 0.6 is 0 Å². The SMILES string of the molecule is O=C1NC(c2ccc(N3CCOCC3)cc2)=N/C1=C\c1c[nH]c2ncccc12. The number of aromatic nitrogens is 2. The number of aromatic amines is 1. The van der Waals surface area contributed by atoms with Crippen molar-refractivity contribution in [3.05, 3.63) is 65.6 Å². The van der Waals surface area contributed by atoms with E-state index >= 15 is 0 Å². The summed E-state index contributed by atoms with van der Waals surface area (Å²) in [6.07, 6.45) is 5.35. The van der Waals surface area contributed by atoms with Crippen LogP contribution in [0.4, 0.5) is 5.69 Å². The Bertz CT molecular complexity index is 1090. The third-order valence-corrected chi connectivity index (χ3v) is 4.99. The molecule has 1 aromatic carbocycles. The fourth-order valence-corrected chi connectivity index (χ4v) is 3.50. The summed E-state index contributed by atoms with van der Waals surface area (Å²) in [7, 11) is 0. The lowest BCUT2D eigenvalue weighted by Gasteiger charge is -2.28. The number of carbonyl (C=O) groups is 1. The molecular formula is C21H19N5O2. The van der Waals surface area contributed by atoms with Crippen molar-refractivity contribution >= 4 is 34.5 Å². The molecule has 0 radical (unpaired) electrons. The van der Waals surface area contributed by atoms with Crippen LogP contribution in [0.15, 0.2) is 59.5 Å². The Kier molecular flexibility index (Phi) is 4.14. The normalized spacial score (nSPS) is 18.6. The average molecular weight is 373 g/mol. The van der Waals surface area contributed by atoms with E-state index in [4.69, 9.17) is 4.74 Å². The highest BCUT2D eigenvalue weighted by molar-refractivity contribution is 6.20. The summed E-state index contributed by atoms with van der Waals surface area (Å²) in [5.41, 5.74) is 4.10. The summed E-state index contributed by atoms with van der Waals surface area (Å²) < 4.78 is 5.40. The number of carbonyl (C=O) groups excluding carboxylic acids is 1. The van der Waals surface area contributed by atoms with Gasteiger partial charge in [-0.3, -0.25) is 4.79 Å². The molecule has 0 spiro atoms. The number of ether oxygens (including phenoxy) is 1. The number of morpholine rings is 1. The molecule has 1 amide bonds. The van der Waals surface area contributed by atoms with E-state index in [9.17, 15) is 4.79 Å². The van der Waals surface area contributed by atoms with Crippen molar-refractivity contribution in [2.45, 2.75) is 0 Å². The first kappa shape index (κ1) is 16.7. The van der Waals surface area contributed by atoms with Gasteiger partial charge in [-0.1, -0.05) is 0 Å². The molecular weight excluding hydrogens is 354 g/mol. The van der Waals surface area contributed by atoms with Crippen LogP contribution in [0.2, 0.25) is 0 Å². The molecule has 0 bridgehead atoms. The molecule has 3 aromatic rings. The molecule has 5 rings (SSSR count). The van der Waals surface area contributed by atoms with Gasteiger partial charge in [-0.05, 0) is 42.5 Å².